The molecule has 1 N–H and O–H groups in total. The van der Waals surface area contributed by atoms with Crippen LogP contribution >= 0.6 is 24.0 Å². The molecular weight excluding hydrogens is 368 g/mol. The summed E-state index contributed by atoms with van der Waals surface area (Å²) in [6, 6.07) is 9.53. The highest BCUT2D eigenvalue weighted by Gasteiger charge is 2.72. The largest absolute Gasteiger partial charge is 0.479 e. The number of hydrogen-bond acceptors (Lipinski definition) is 5. The first-order valence-electron chi connectivity index (χ1n) is 8.50. The van der Waals surface area contributed by atoms with E-state index in [-0.39, 0.29) is 11.3 Å². The Hall–Kier alpha value is -1.86. The zero-order valence-corrected chi connectivity index (χ0v) is 16.6. The fourth-order valence-electron chi connectivity index (χ4n) is 4.27. The Morgan fingerprint density at radius 3 is 2.62 bits per heavy atom. The Bertz CT molecular complexity index is 909. The van der Waals surface area contributed by atoms with E-state index in [9.17, 15) is 9.90 Å². The molecule has 0 spiro atoms. The summed E-state index contributed by atoms with van der Waals surface area (Å²) in [5, 5.41) is 14.7. The van der Waals surface area contributed by atoms with Crippen molar-refractivity contribution in [3.05, 3.63) is 41.6 Å². The number of fused-ring (bicyclic) bond motifs is 1. The molecule has 0 radical (unpaired) electrons. The molecule has 2 aliphatic heterocycles. The average Bonchev–Trinajstić information content (AvgIpc) is 3.09. The Balaban J connectivity index is 2.02. The van der Waals surface area contributed by atoms with Crippen molar-refractivity contribution in [2.75, 3.05) is 0 Å². The van der Waals surface area contributed by atoms with Gasteiger partial charge in [-0.25, -0.2) is 4.79 Å². The first kappa shape index (κ1) is 17.5. The molecule has 5 nitrogen and oxygen atoms in total. The summed E-state index contributed by atoms with van der Waals surface area (Å²) >= 11 is 7.25. The second-order valence-electron chi connectivity index (χ2n) is 7.37. The molecule has 4 rings (SSSR count). The van der Waals surface area contributed by atoms with Crippen LogP contribution in [0, 0.1) is 12.8 Å². The minimum absolute atomic E-state index is 0.0477. The third-order valence-corrected chi connectivity index (χ3v) is 7.84. The summed E-state index contributed by atoms with van der Waals surface area (Å²) in [7, 11) is 0. The van der Waals surface area contributed by atoms with Crippen molar-refractivity contribution in [1.29, 1.82) is 0 Å². The van der Waals surface area contributed by atoms with Gasteiger partial charge in [0.25, 0.3) is 0 Å². The fourth-order valence-corrected chi connectivity index (χ4v) is 6.57. The molecule has 0 unspecified atom stereocenters. The highest BCUT2D eigenvalue weighted by atomic mass is 32.2. The molecule has 0 amide bonds. The van der Waals surface area contributed by atoms with Gasteiger partial charge in [-0.3, -0.25) is 0 Å². The highest BCUT2D eigenvalue weighted by Crippen LogP contribution is 2.64. The van der Waals surface area contributed by atoms with E-state index in [2.05, 4.69) is 12.1 Å². The number of hydrogen-bond donors (Lipinski definition) is 1. The van der Waals surface area contributed by atoms with Crippen LogP contribution in [0.25, 0.3) is 11.3 Å². The summed E-state index contributed by atoms with van der Waals surface area (Å²) in [4.78, 5) is 15.4. The molecule has 7 heteroatoms. The normalized spacial score (nSPS) is 29.4. The molecule has 0 aliphatic carbocycles. The minimum atomic E-state index is -1.32. The van der Waals surface area contributed by atoms with Gasteiger partial charge in [-0.2, -0.15) is 0 Å². The highest BCUT2D eigenvalue weighted by molar-refractivity contribution is 8.01. The molecule has 0 bridgehead atoms. The van der Waals surface area contributed by atoms with Crippen molar-refractivity contribution in [2.45, 2.75) is 43.4 Å². The number of rotatable bonds is 3. The topological polar surface area (TPSA) is 66.6 Å². The molecule has 3 heterocycles. The van der Waals surface area contributed by atoms with Gasteiger partial charge >= 0.3 is 5.97 Å². The van der Waals surface area contributed by atoms with Gasteiger partial charge in [-0.1, -0.05) is 54.6 Å². The van der Waals surface area contributed by atoms with E-state index in [1.54, 1.807) is 18.7 Å². The number of aliphatic carboxylic acids is 1. The first-order chi connectivity index (χ1) is 12.2. The lowest BCUT2D eigenvalue weighted by molar-refractivity contribution is -0.152. The van der Waals surface area contributed by atoms with Crippen molar-refractivity contribution < 1.29 is 14.4 Å². The predicted molar refractivity (Wildman–Crippen MR) is 105 cm³/mol. The lowest BCUT2D eigenvalue weighted by Crippen LogP contribution is -2.67. The summed E-state index contributed by atoms with van der Waals surface area (Å²) in [6.07, 6.45) is 0. The average molecular weight is 389 g/mol. The van der Waals surface area contributed by atoms with E-state index in [4.69, 9.17) is 16.7 Å². The van der Waals surface area contributed by atoms with Gasteiger partial charge in [0, 0.05) is 11.5 Å². The van der Waals surface area contributed by atoms with Crippen LogP contribution in [0.5, 0.6) is 0 Å². The van der Waals surface area contributed by atoms with Crippen LogP contribution in [0.2, 0.25) is 0 Å². The van der Waals surface area contributed by atoms with Gasteiger partial charge in [-0.05, 0) is 20.8 Å². The Morgan fingerprint density at radius 1 is 1.35 bits per heavy atom. The molecular formula is C19H20N2O3S2. The summed E-state index contributed by atoms with van der Waals surface area (Å²) in [6.45, 7) is 7.81. The second-order valence-corrected chi connectivity index (χ2v) is 9.53. The van der Waals surface area contributed by atoms with Crippen molar-refractivity contribution in [2.24, 2.45) is 5.92 Å². The first-order valence-corrected chi connectivity index (χ1v) is 9.79. The van der Waals surface area contributed by atoms with E-state index < -0.39 is 16.3 Å². The number of carboxylic acids is 1. The van der Waals surface area contributed by atoms with Crippen molar-refractivity contribution in [1.82, 2.24) is 10.1 Å². The Labute approximate surface area is 161 Å². The number of nitrogens with zero attached hydrogens (tertiary/aromatic N) is 2. The molecule has 1 aromatic heterocycles. The predicted octanol–water partition coefficient (Wildman–Crippen LogP) is 4.06. The van der Waals surface area contributed by atoms with Crippen LogP contribution in [0.15, 0.2) is 34.9 Å². The van der Waals surface area contributed by atoms with Crippen LogP contribution in [-0.2, 0) is 10.3 Å². The standard InChI is InChI=1S/C19H20N2O3S2/c1-10-15(25)21-16(10)26-18(3,4)19(21,17(22)23)13-11(2)20-24-14(13)12-8-6-5-7-9-12/h5-10,16H,1-4H3,(H,22,23)/t10-,16-,19+/m1/s1. The lowest BCUT2D eigenvalue weighted by atomic mass is 9.73. The molecule has 2 saturated heterocycles. The SMILES string of the molecule is Cc1noc(-c2ccccc2)c1[C@@]1(C(=O)O)N2C(=S)[C@@H](C)[C@H]2SC1(C)C. The number of thiocarbonyl (C=S) groups is 1. The van der Waals surface area contributed by atoms with Crippen LogP contribution in [0.1, 0.15) is 32.0 Å². The van der Waals surface area contributed by atoms with E-state index in [0.717, 1.165) is 5.56 Å². The maximum atomic E-state index is 12.8. The monoisotopic (exact) mass is 388 g/mol. The summed E-state index contributed by atoms with van der Waals surface area (Å²) in [5.41, 5.74) is 0.683. The Morgan fingerprint density at radius 2 is 2.00 bits per heavy atom. The number of benzene rings is 1. The third-order valence-electron chi connectivity index (χ3n) is 5.53. The molecule has 2 aromatic rings. The molecule has 2 fully saturated rings. The number of aromatic nitrogens is 1. The van der Waals surface area contributed by atoms with Crippen LogP contribution in [0.4, 0.5) is 0 Å². The van der Waals surface area contributed by atoms with Crippen molar-refractivity contribution >= 4 is 34.9 Å². The number of aryl methyl sites for hydroxylation is 1. The molecule has 26 heavy (non-hydrogen) atoms. The van der Waals surface area contributed by atoms with Crippen LogP contribution in [0.3, 0.4) is 0 Å². The molecule has 0 saturated carbocycles. The van der Waals surface area contributed by atoms with Gasteiger partial charge in [0.1, 0.15) is 0 Å². The number of carbonyl (C=O) groups is 1. The van der Waals surface area contributed by atoms with E-state index >= 15 is 0 Å². The second kappa shape index (κ2) is 5.57. The van der Waals surface area contributed by atoms with E-state index in [0.29, 0.717) is 22.0 Å². The molecule has 3 atom stereocenters. The maximum absolute atomic E-state index is 12.8. The summed E-state index contributed by atoms with van der Waals surface area (Å²) in [5.74, 6) is -0.242. The molecule has 2 aliphatic rings. The van der Waals surface area contributed by atoms with E-state index in [1.807, 2.05) is 49.1 Å². The van der Waals surface area contributed by atoms with Gasteiger partial charge in [0.05, 0.1) is 26.4 Å². The smallest absolute Gasteiger partial charge is 0.336 e. The third kappa shape index (κ3) is 1.96. The Kier molecular flexibility index (Phi) is 3.76. The van der Waals surface area contributed by atoms with Gasteiger partial charge in [-0.15, -0.1) is 11.8 Å². The molecule has 136 valence electrons. The summed E-state index contributed by atoms with van der Waals surface area (Å²) < 4.78 is 5.03. The van der Waals surface area contributed by atoms with Gasteiger partial charge < -0.3 is 14.5 Å². The maximum Gasteiger partial charge on any atom is 0.336 e. The number of carboxylic acid groups (broad SMARTS) is 1. The van der Waals surface area contributed by atoms with Gasteiger partial charge in [0.15, 0.2) is 11.3 Å². The quantitative estimate of drug-likeness (QED) is 0.795. The van der Waals surface area contributed by atoms with Crippen molar-refractivity contribution in [3.63, 3.8) is 0 Å². The van der Waals surface area contributed by atoms with Gasteiger partial charge in [0.2, 0.25) is 0 Å². The molecule has 1 aromatic carbocycles. The van der Waals surface area contributed by atoms with Crippen LogP contribution in [-0.4, -0.2) is 36.2 Å². The lowest BCUT2D eigenvalue weighted by Gasteiger charge is -2.51. The van der Waals surface area contributed by atoms with Crippen molar-refractivity contribution in [3.8, 4) is 11.3 Å². The zero-order valence-electron chi connectivity index (χ0n) is 15.0. The zero-order chi connectivity index (χ0) is 18.9. The number of thioether (sulfide) groups is 1. The van der Waals surface area contributed by atoms with Crippen LogP contribution < -0.4 is 0 Å². The van der Waals surface area contributed by atoms with E-state index in [1.165, 1.54) is 0 Å². The minimum Gasteiger partial charge on any atom is -0.479 e. The fraction of sp³-hybridized carbons (Fsp3) is 0.421.